The van der Waals surface area contributed by atoms with Gasteiger partial charge in [0.1, 0.15) is 0 Å². The number of amides is 1. The van der Waals surface area contributed by atoms with Gasteiger partial charge in [-0.1, -0.05) is 0 Å². The van der Waals surface area contributed by atoms with Crippen LogP contribution in [0.15, 0.2) is 0 Å². The van der Waals surface area contributed by atoms with Crippen molar-refractivity contribution < 1.29 is 15.0 Å². The van der Waals surface area contributed by atoms with E-state index >= 15 is 0 Å². The van der Waals surface area contributed by atoms with Crippen LogP contribution in [-0.2, 0) is 0 Å². The molecule has 1 aliphatic rings. The Kier molecular flexibility index (Phi) is 2.67. The van der Waals surface area contributed by atoms with Crippen molar-refractivity contribution in [2.24, 2.45) is 5.92 Å². The molecule has 11 heavy (non-hydrogen) atoms. The largest absolute Gasteiger partial charge is 0.465 e. The van der Waals surface area contributed by atoms with Gasteiger partial charge in [-0.25, -0.2) is 4.79 Å². The van der Waals surface area contributed by atoms with Gasteiger partial charge in [-0.05, 0) is 0 Å². The van der Waals surface area contributed by atoms with E-state index in [0.717, 1.165) is 0 Å². The first-order valence-corrected chi connectivity index (χ1v) is 3.55. The zero-order valence-corrected chi connectivity index (χ0v) is 6.08. The molecule has 0 radical (unpaired) electrons. The third kappa shape index (κ3) is 2.36. The maximum Gasteiger partial charge on any atom is 0.404 e. The topological polar surface area (TPSA) is 81.6 Å². The van der Waals surface area contributed by atoms with E-state index in [1.807, 2.05) is 0 Å². The lowest BCUT2D eigenvalue weighted by atomic mass is 10.1. The Labute approximate surface area is 64.4 Å². The summed E-state index contributed by atoms with van der Waals surface area (Å²) >= 11 is 0. The summed E-state index contributed by atoms with van der Waals surface area (Å²) in [6, 6.07) is 0. The number of β-amino-alcohol motifs (C(OH)–C–C–N with tert-alkyl or cyclic N) is 1. The zero-order chi connectivity index (χ0) is 8.27. The number of aliphatic hydroxyl groups excluding tert-OH is 1. The number of hydrogen-bond acceptors (Lipinski definition) is 3. The minimum Gasteiger partial charge on any atom is -0.465 e. The van der Waals surface area contributed by atoms with E-state index in [1.165, 1.54) is 0 Å². The smallest absolute Gasteiger partial charge is 0.404 e. The van der Waals surface area contributed by atoms with E-state index in [1.54, 1.807) is 0 Å². The van der Waals surface area contributed by atoms with Gasteiger partial charge in [0.15, 0.2) is 0 Å². The summed E-state index contributed by atoms with van der Waals surface area (Å²) < 4.78 is 0. The molecule has 1 heterocycles. The monoisotopic (exact) mass is 160 g/mol. The molecule has 0 aliphatic carbocycles. The minimum atomic E-state index is -1.04. The Balaban J connectivity index is 2.20. The second-order valence-electron chi connectivity index (χ2n) is 2.67. The van der Waals surface area contributed by atoms with Crippen molar-refractivity contribution in [2.75, 3.05) is 19.6 Å². The third-order valence-electron chi connectivity index (χ3n) is 1.82. The highest BCUT2D eigenvalue weighted by Crippen LogP contribution is 2.06. The van der Waals surface area contributed by atoms with E-state index < -0.39 is 12.2 Å². The van der Waals surface area contributed by atoms with Gasteiger partial charge in [0, 0.05) is 25.6 Å². The molecule has 0 aromatic heterocycles. The highest BCUT2D eigenvalue weighted by molar-refractivity contribution is 5.64. The first-order chi connectivity index (χ1) is 5.20. The van der Waals surface area contributed by atoms with E-state index in [4.69, 9.17) is 5.11 Å². The standard InChI is InChI=1S/C6H12N2O3/c9-5-3-7-1-4(5)2-8-6(10)11/h4-5,7-9H,1-3H2,(H,10,11)/t4-,5-/m1/s1. The molecule has 2 atom stereocenters. The van der Waals surface area contributed by atoms with Gasteiger partial charge < -0.3 is 20.8 Å². The fourth-order valence-electron chi connectivity index (χ4n) is 1.15. The fourth-order valence-corrected chi connectivity index (χ4v) is 1.15. The van der Waals surface area contributed by atoms with Crippen LogP contribution in [0.4, 0.5) is 4.79 Å². The normalized spacial score (nSPS) is 30.3. The summed E-state index contributed by atoms with van der Waals surface area (Å²) in [5.74, 6) is 0.0195. The fraction of sp³-hybridized carbons (Fsp3) is 0.833. The van der Waals surface area contributed by atoms with Crippen molar-refractivity contribution in [1.29, 1.82) is 0 Å². The summed E-state index contributed by atoms with van der Waals surface area (Å²) in [7, 11) is 0. The van der Waals surface area contributed by atoms with Crippen LogP contribution in [-0.4, -0.2) is 42.0 Å². The number of aliphatic hydroxyl groups is 1. The Morgan fingerprint density at radius 3 is 2.82 bits per heavy atom. The minimum absolute atomic E-state index is 0.0195. The number of rotatable bonds is 2. The molecule has 0 aromatic rings. The Morgan fingerprint density at radius 2 is 2.36 bits per heavy atom. The summed E-state index contributed by atoms with van der Waals surface area (Å²) in [5.41, 5.74) is 0. The lowest BCUT2D eigenvalue weighted by Crippen LogP contribution is -2.33. The molecule has 0 unspecified atom stereocenters. The molecule has 5 nitrogen and oxygen atoms in total. The molecule has 1 amide bonds. The van der Waals surface area contributed by atoms with E-state index in [2.05, 4.69) is 10.6 Å². The van der Waals surface area contributed by atoms with Gasteiger partial charge in [-0.15, -0.1) is 0 Å². The second-order valence-corrected chi connectivity index (χ2v) is 2.67. The molecular weight excluding hydrogens is 148 g/mol. The summed E-state index contributed by atoms with van der Waals surface area (Å²) in [4.78, 5) is 10.0. The molecule has 5 heteroatoms. The van der Waals surface area contributed by atoms with Gasteiger partial charge in [-0.2, -0.15) is 0 Å². The molecule has 0 aromatic carbocycles. The SMILES string of the molecule is O=C(O)NC[C@H]1CNC[C@H]1O. The predicted octanol–water partition coefficient (Wildman–Crippen LogP) is -1.17. The average molecular weight is 160 g/mol. The second kappa shape index (κ2) is 3.54. The molecule has 1 saturated heterocycles. The summed E-state index contributed by atoms with van der Waals surface area (Å²) in [5, 5.41) is 22.7. The van der Waals surface area contributed by atoms with Gasteiger partial charge in [0.2, 0.25) is 0 Å². The van der Waals surface area contributed by atoms with Crippen LogP contribution < -0.4 is 10.6 Å². The van der Waals surface area contributed by atoms with Crippen molar-refractivity contribution in [3.63, 3.8) is 0 Å². The van der Waals surface area contributed by atoms with E-state index in [0.29, 0.717) is 19.6 Å². The lowest BCUT2D eigenvalue weighted by Gasteiger charge is -2.11. The summed E-state index contributed by atoms with van der Waals surface area (Å²) in [6.45, 7) is 1.57. The molecular formula is C6H12N2O3. The van der Waals surface area contributed by atoms with Crippen LogP contribution in [0, 0.1) is 5.92 Å². The van der Waals surface area contributed by atoms with Gasteiger partial charge in [0.25, 0.3) is 0 Å². The zero-order valence-electron chi connectivity index (χ0n) is 6.08. The molecule has 0 bridgehead atoms. The number of carbonyl (C=O) groups is 1. The van der Waals surface area contributed by atoms with E-state index in [-0.39, 0.29) is 5.92 Å². The maximum atomic E-state index is 10.0. The highest BCUT2D eigenvalue weighted by Gasteiger charge is 2.24. The molecule has 1 rings (SSSR count). The highest BCUT2D eigenvalue weighted by atomic mass is 16.4. The molecule has 1 fully saturated rings. The van der Waals surface area contributed by atoms with Gasteiger partial charge >= 0.3 is 6.09 Å². The molecule has 1 aliphatic heterocycles. The number of carboxylic acid groups (broad SMARTS) is 1. The van der Waals surface area contributed by atoms with Crippen LogP contribution in [0.25, 0.3) is 0 Å². The first-order valence-electron chi connectivity index (χ1n) is 3.55. The summed E-state index contributed by atoms with van der Waals surface area (Å²) in [6.07, 6.45) is -1.45. The van der Waals surface area contributed by atoms with Crippen molar-refractivity contribution in [1.82, 2.24) is 10.6 Å². The average Bonchev–Trinajstić information content (AvgIpc) is 2.31. The van der Waals surface area contributed by atoms with Crippen molar-refractivity contribution in [3.05, 3.63) is 0 Å². The van der Waals surface area contributed by atoms with Crippen molar-refractivity contribution >= 4 is 6.09 Å². The molecule has 4 N–H and O–H groups in total. The van der Waals surface area contributed by atoms with Gasteiger partial charge in [0.05, 0.1) is 6.10 Å². The quantitative estimate of drug-likeness (QED) is 0.410. The Morgan fingerprint density at radius 1 is 1.64 bits per heavy atom. The van der Waals surface area contributed by atoms with Gasteiger partial charge in [-0.3, -0.25) is 0 Å². The molecule has 64 valence electrons. The first kappa shape index (κ1) is 8.29. The van der Waals surface area contributed by atoms with Crippen LogP contribution in [0.5, 0.6) is 0 Å². The van der Waals surface area contributed by atoms with Crippen molar-refractivity contribution in [3.8, 4) is 0 Å². The van der Waals surface area contributed by atoms with Crippen LogP contribution in [0.3, 0.4) is 0 Å². The van der Waals surface area contributed by atoms with E-state index in [9.17, 15) is 9.90 Å². The van der Waals surface area contributed by atoms with Crippen LogP contribution in [0.1, 0.15) is 0 Å². The van der Waals surface area contributed by atoms with Crippen LogP contribution >= 0.6 is 0 Å². The lowest BCUT2D eigenvalue weighted by molar-refractivity contribution is 0.143. The predicted molar refractivity (Wildman–Crippen MR) is 38.4 cm³/mol. The number of nitrogens with one attached hydrogen (secondary N) is 2. The molecule has 0 spiro atoms. The third-order valence-corrected chi connectivity index (χ3v) is 1.82. The maximum absolute atomic E-state index is 10.0. The Bertz CT molecular complexity index is 151. The Hall–Kier alpha value is -0.810. The van der Waals surface area contributed by atoms with Crippen LogP contribution in [0.2, 0.25) is 0 Å². The van der Waals surface area contributed by atoms with Crippen molar-refractivity contribution in [2.45, 2.75) is 6.10 Å². The number of hydrogen-bond donors (Lipinski definition) is 4. The molecule has 0 saturated carbocycles.